The summed E-state index contributed by atoms with van der Waals surface area (Å²) in [7, 11) is 0. The molecular formula is C38H56O3. The molecule has 0 N–H and O–H groups in total. The van der Waals surface area contributed by atoms with Crippen LogP contribution in [0.15, 0.2) is 30.3 Å². The lowest BCUT2D eigenvalue weighted by Crippen LogP contribution is -2.29. The molecule has 0 aromatic heterocycles. The fourth-order valence-corrected chi connectivity index (χ4v) is 6.77. The molecule has 0 spiro atoms. The summed E-state index contributed by atoms with van der Waals surface area (Å²) < 4.78 is 0. The maximum absolute atomic E-state index is 13.4. The molecule has 0 bridgehead atoms. The summed E-state index contributed by atoms with van der Waals surface area (Å²) >= 11 is 0. The van der Waals surface area contributed by atoms with Crippen molar-refractivity contribution >= 4 is 17.3 Å². The molecule has 4 rings (SSSR count). The van der Waals surface area contributed by atoms with Crippen LogP contribution in [0.4, 0.5) is 0 Å². The van der Waals surface area contributed by atoms with Crippen molar-refractivity contribution in [1.29, 1.82) is 0 Å². The SMILES string of the molecule is CCC.CCC.CCCC(CC1CC(=O)c2c(ccc(-c3ccc4c(c3)CCC4)c2C)C1)C(CC)C(=O)CC(C)=O. The van der Waals surface area contributed by atoms with Crippen LogP contribution in [0.3, 0.4) is 0 Å². The topological polar surface area (TPSA) is 51.2 Å². The molecule has 0 fully saturated rings. The normalized spacial score (nSPS) is 16.8. The third-order valence-electron chi connectivity index (χ3n) is 8.36. The standard InChI is InChI=1S/C32H40O3.2C3H8/c1-5-8-25(28(6-2)30(34)15-20(3)33)16-22-17-27-13-14-29(21(4)32(27)31(35)18-22)26-12-11-23-9-7-10-24(23)19-26;2*1-3-2/h11-14,19,22,25,28H,5-10,15-18H2,1-4H3;2*3H2,1-2H3. The van der Waals surface area contributed by atoms with Crippen molar-refractivity contribution in [2.45, 2.75) is 132 Å². The van der Waals surface area contributed by atoms with Crippen LogP contribution < -0.4 is 0 Å². The fraction of sp³-hybridized carbons (Fsp3) is 0.605. The van der Waals surface area contributed by atoms with Crippen molar-refractivity contribution in [3.8, 4) is 11.1 Å². The second kappa shape index (κ2) is 17.4. The molecule has 2 aromatic carbocycles. The summed E-state index contributed by atoms with van der Waals surface area (Å²) in [6, 6.07) is 11.2. The van der Waals surface area contributed by atoms with E-state index in [4.69, 9.17) is 0 Å². The highest BCUT2D eigenvalue weighted by molar-refractivity contribution is 6.02. The second-order valence-electron chi connectivity index (χ2n) is 12.4. The van der Waals surface area contributed by atoms with Crippen LogP contribution in [0.5, 0.6) is 0 Å². The van der Waals surface area contributed by atoms with Gasteiger partial charge in [0, 0.05) is 17.9 Å². The largest absolute Gasteiger partial charge is 0.300 e. The van der Waals surface area contributed by atoms with E-state index in [0.717, 1.165) is 55.2 Å². The Morgan fingerprint density at radius 3 is 2.12 bits per heavy atom. The fourth-order valence-electron chi connectivity index (χ4n) is 6.77. The van der Waals surface area contributed by atoms with E-state index in [1.54, 1.807) is 0 Å². The Morgan fingerprint density at radius 2 is 1.51 bits per heavy atom. The van der Waals surface area contributed by atoms with E-state index in [9.17, 15) is 14.4 Å². The lowest BCUT2D eigenvalue weighted by atomic mass is 9.71. The number of aryl methyl sites for hydroxylation is 2. The van der Waals surface area contributed by atoms with Gasteiger partial charge in [0.2, 0.25) is 0 Å². The van der Waals surface area contributed by atoms with E-state index in [2.05, 4.69) is 78.8 Å². The van der Waals surface area contributed by atoms with Gasteiger partial charge >= 0.3 is 0 Å². The van der Waals surface area contributed by atoms with Gasteiger partial charge in [0.05, 0.1) is 6.42 Å². The molecule has 0 saturated heterocycles. The number of hydrogen-bond donors (Lipinski definition) is 0. The van der Waals surface area contributed by atoms with E-state index in [1.807, 2.05) is 0 Å². The van der Waals surface area contributed by atoms with Gasteiger partial charge in [-0.1, -0.05) is 97.6 Å². The Balaban J connectivity index is 0.000000901. The second-order valence-corrected chi connectivity index (χ2v) is 12.4. The van der Waals surface area contributed by atoms with Crippen molar-refractivity contribution in [3.63, 3.8) is 0 Å². The van der Waals surface area contributed by atoms with Crippen molar-refractivity contribution < 1.29 is 14.4 Å². The molecule has 2 aromatic rings. The van der Waals surface area contributed by atoms with Gasteiger partial charge in [-0.15, -0.1) is 0 Å². The zero-order valence-corrected chi connectivity index (χ0v) is 27.3. The highest BCUT2D eigenvalue weighted by Crippen LogP contribution is 2.39. The van der Waals surface area contributed by atoms with Crippen molar-refractivity contribution in [3.05, 3.63) is 58.1 Å². The first-order valence-corrected chi connectivity index (χ1v) is 16.4. The first kappa shape index (κ1) is 34.7. The van der Waals surface area contributed by atoms with Gasteiger partial charge in [-0.25, -0.2) is 0 Å². The monoisotopic (exact) mass is 560 g/mol. The van der Waals surface area contributed by atoms with Gasteiger partial charge < -0.3 is 0 Å². The smallest absolute Gasteiger partial charge is 0.163 e. The van der Waals surface area contributed by atoms with Crippen molar-refractivity contribution in [1.82, 2.24) is 0 Å². The summed E-state index contributed by atoms with van der Waals surface area (Å²) in [5.74, 6) is 0.685. The van der Waals surface area contributed by atoms with Crippen molar-refractivity contribution in [2.24, 2.45) is 17.8 Å². The van der Waals surface area contributed by atoms with Crippen molar-refractivity contribution in [2.75, 3.05) is 0 Å². The summed E-state index contributed by atoms with van der Waals surface area (Å²) in [4.78, 5) is 37.8. The predicted molar refractivity (Wildman–Crippen MR) is 174 cm³/mol. The molecule has 41 heavy (non-hydrogen) atoms. The lowest BCUT2D eigenvalue weighted by Gasteiger charge is -2.32. The number of benzene rings is 2. The van der Waals surface area contributed by atoms with Gasteiger partial charge in [0.25, 0.3) is 0 Å². The van der Waals surface area contributed by atoms with Crippen LogP contribution in [-0.4, -0.2) is 17.3 Å². The maximum atomic E-state index is 13.4. The van der Waals surface area contributed by atoms with E-state index in [-0.39, 0.29) is 41.5 Å². The number of fused-ring (bicyclic) bond motifs is 2. The van der Waals surface area contributed by atoms with Crippen LogP contribution in [0.2, 0.25) is 0 Å². The molecular weight excluding hydrogens is 504 g/mol. The molecule has 0 amide bonds. The van der Waals surface area contributed by atoms with Crippen LogP contribution in [0.25, 0.3) is 11.1 Å². The third-order valence-corrected chi connectivity index (χ3v) is 8.36. The minimum Gasteiger partial charge on any atom is -0.300 e. The minimum atomic E-state index is -0.0840. The number of Topliss-reactive ketones (excluding diaryl/α,β-unsaturated/α-hetero) is 3. The molecule has 3 unspecified atom stereocenters. The van der Waals surface area contributed by atoms with Crippen LogP contribution in [0.1, 0.15) is 139 Å². The van der Waals surface area contributed by atoms with Gasteiger partial charge in [0.1, 0.15) is 11.6 Å². The highest BCUT2D eigenvalue weighted by atomic mass is 16.1. The summed E-state index contributed by atoms with van der Waals surface area (Å²) in [5.41, 5.74) is 8.51. The van der Waals surface area contributed by atoms with Crippen LogP contribution in [0, 0.1) is 24.7 Å². The molecule has 2 aliphatic carbocycles. The molecule has 0 aliphatic heterocycles. The molecule has 0 saturated carbocycles. The average molecular weight is 561 g/mol. The minimum absolute atomic E-state index is 0.0375. The van der Waals surface area contributed by atoms with Gasteiger partial charge in [0.15, 0.2) is 5.78 Å². The quantitative estimate of drug-likeness (QED) is 0.272. The number of carbonyl (C=O) groups is 3. The zero-order valence-electron chi connectivity index (χ0n) is 27.3. The summed E-state index contributed by atoms with van der Waals surface area (Å²) in [5, 5.41) is 0. The van der Waals surface area contributed by atoms with E-state index in [0.29, 0.717) is 6.42 Å². The van der Waals surface area contributed by atoms with Crippen LogP contribution in [-0.2, 0) is 28.9 Å². The van der Waals surface area contributed by atoms with Crippen LogP contribution >= 0.6 is 0 Å². The molecule has 0 heterocycles. The number of ketones is 3. The first-order chi connectivity index (χ1) is 19.6. The van der Waals surface area contributed by atoms with E-state index in [1.165, 1.54) is 54.9 Å². The molecule has 3 nitrogen and oxygen atoms in total. The molecule has 0 radical (unpaired) electrons. The van der Waals surface area contributed by atoms with E-state index >= 15 is 0 Å². The molecule has 226 valence electrons. The number of rotatable bonds is 10. The maximum Gasteiger partial charge on any atom is 0.163 e. The average Bonchev–Trinajstić information content (AvgIpc) is 3.38. The Labute approximate surface area is 250 Å². The Hall–Kier alpha value is -2.55. The number of carbonyl (C=O) groups excluding carboxylic acids is 3. The molecule has 3 heteroatoms. The van der Waals surface area contributed by atoms with E-state index < -0.39 is 0 Å². The molecule has 3 atom stereocenters. The lowest BCUT2D eigenvalue weighted by molar-refractivity contribution is -0.129. The third kappa shape index (κ3) is 9.48. The number of hydrogen-bond acceptors (Lipinski definition) is 3. The molecule has 2 aliphatic rings. The Kier molecular flexibility index (Phi) is 14.7. The summed E-state index contributed by atoms with van der Waals surface area (Å²) in [6.07, 6.45) is 11.2. The van der Waals surface area contributed by atoms with Gasteiger partial charge in [-0.2, -0.15) is 0 Å². The Morgan fingerprint density at radius 1 is 0.878 bits per heavy atom. The Bertz CT molecular complexity index is 1160. The highest BCUT2D eigenvalue weighted by Gasteiger charge is 2.33. The van der Waals surface area contributed by atoms with Gasteiger partial charge in [-0.3, -0.25) is 14.4 Å². The first-order valence-electron chi connectivity index (χ1n) is 16.4. The predicted octanol–water partition coefficient (Wildman–Crippen LogP) is 10.1. The zero-order chi connectivity index (χ0) is 30.5. The summed E-state index contributed by atoms with van der Waals surface area (Å²) in [6.45, 7) is 16.3. The van der Waals surface area contributed by atoms with Gasteiger partial charge in [-0.05, 0) is 97.6 Å².